The number of hydrogen-bond donors (Lipinski definition) is 1. The summed E-state index contributed by atoms with van der Waals surface area (Å²) in [6.07, 6.45) is 3.19. The maximum atomic E-state index is 9.63. The average molecular weight is 337 g/mol. The number of hydrogen-bond acceptors (Lipinski definition) is 5. The van der Waals surface area contributed by atoms with Gasteiger partial charge < -0.3 is 5.73 Å². The highest BCUT2D eigenvalue weighted by molar-refractivity contribution is 6.30. The summed E-state index contributed by atoms with van der Waals surface area (Å²) in [7, 11) is 1.73. The molecule has 1 atom stereocenters. The highest BCUT2D eigenvalue weighted by Crippen LogP contribution is 2.35. The Morgan fingerprint density at radius 2 is 1.83 bits per heavy atom. The van der Waals surface area contributed by atoms with Gasteiger partial charge in [0.2, 0.25) is 0 Å². The largest absolute Gasteiger partial charge is 0.397 e. The van der Waals surface area contributed by atoms with E-state index >= 15 is 0 Å². The molecule has 0 saturated carbocycles. The Kier molecular flexibility index (Phi) is 5.22. The van der Waals surface area contributed by atoms with E-state index in [4.69, 9.17) is 17.3 Å². The molecule has 1 aromatic heterocycles. The van der Waals surface area contributed by atoms with Crippen molar-refractivity contribution in [1.29, 1.82) is 15.8 Å². The first-order valence-corrected chi connectivity index (χ1v) is 7.33. The minimum atomic E-state index is -1.06. The Morgan fingerprint density at radius 1 is 1.21 bits per heavy atom. The first kappa shape index (κ1) is 17.1. The van der Waals surface area contributed by atoms with Crippen LogP contribution in [0.4, 0.5) is 0 Å². The van der Waals surface area contributed by atoms with E-state index in [1.54, 1.807) is 42.2 Å². The third kappa shape index (κ3) is 3.38. The van der Waals surface area contributed by atoms with Crippen LogP contribution in [-0.2, 0) is 7.05 Å². The maximum absolute atomic E-state index is 9.63. The lowest BCUT2D eigenvalue weighted by Crippen LogP contribution is -2.15. The number of aromatic nitrogens is 2. The van der Waals surface area contributed by atoms with E-state index in [9.17, 15) is 15.8 Å². The van der Waals surface area contributed by atoms with E-state index < -0.39 is 11.8 Å². The minimum Gasteiger partial charge on any atom is -0.397 e. The molecule has 0 fully saturated rings. The standard InChI is InChI=1S/C17H13ClN6/c1-24-10-13(9-23-24)17(22)15(8-21)16(12(6-19)7-20)11-2-4-14(18)5-3-11/h2-5,9-10,12,16H,22H2,1H3/b17-15-. The molecule has 0 bridgehead atoms. The molecule has 7 heteroatoms. The van der Waals surface area contributed by atoms with Gasteiger partial charge in [-0.1, -0.05) is 23.7 Å². The predicted molar refractivity (Wildman–Crippen MR) is 88.8 cm³/mol. The second-order valence-electron chi connectivity index (χ2n) is 5.11. The molecule has 2 aromatic rings. The minimum absolute atomic E-state index is 0.151. The summed E-state index contributed by atoms with van der Waals surface area (Å²) in [5.74, 6) is -1.83. The highest BCUT2D eigenvalue weighted by Gasteiger charge is 2.29. The van der Waals surface area contributed by atoms with Crippen molar-refractivity contribution in [2.45, 2.75) is 5.92 Å². The molecule has 118 valence electrons. The van der Waals surface area contributed by atoms with Gasteiger partial charge in [-0.15, -0.1) is 0 Å². The summed E-state index contributed by atoms with van der Waals surface area (Å²) in [4.78, 5) is 0. The molecule has 6 nitrogen and oxygen atoms in total. The molecule has 0 saturated heterocycles. The third-order valence-corrected chi connectivity index (χ3v) is 3.83. The van der Waals surface area contributed by atoms with Crippen LogP contribution in [0.3, 0.4) is 0 Å². The van der Waals surface area contributed by atoms with Crippen molar-refractivity contribution < 1.29 is 0 Å². The van der Waals surface area contributed by atoms with E-state index in [0.717, 1.165) is 0 Å². The molecule has 0 aliphatic carbocycles. The van der Waals surface area contributed by atoms with Gasteiger partial charge in [-0.25, -0.2) is 0 Å². The van der Waals surface area contributed by atoms with Crippen molar-refractivity contribution in [3.05, 3.63) is 58.4 Å². The number of benzene rings is 1. The van der Waals surface area contributed by atoms with Crippen molar-refractivity contribution in [1.82, 2.24) is 9.78 Å². The molecule has 2 N–H and O–H groups in total. The fourth-order valence-corrected chi connectivity index (χ4v) is 2.51. The molecule has 1 aromatic carbocycles. The average Bonchev–Trinajstić information content (AvgIpc) is 3.02. The summed E-state index contributed by atoms with van der Waals surface area (Å²) in [5.41, 5.74) is 7.66. The van der Waals surface area contributed by atoms with Crippen LogP contribution in [0.2, 0.25) is 5.02 Å². The summed E-state index contributed by atoms with van der Waals surface area (Å²) in [5, 5.41) is 32.8. The van der Waals surface area contributed by atoms with Gasteiger partial charge in [-0.05, 0) is 17.7 Å². The van der Waals surface area contributed by atoms with Gasteiger partial charge in [0.15, 0.2) is 0 Å². The van der Waals surface area contributed by atoms with Crippen LogP contribution >= 0.6 is 11.6 Å². The molecule has 0 amide bonds. The number of rotatable bonds is 4. The molecule has 0 radical (unpaired) electrons. The summed E-state index contributed by atoms with van der Waals surface area (Å²) >= 11 is 5.90. The van der Waals surface area contributed by atoms with Crippen molar-refractivity contribution in [2.24, 2.45) is 18.7 Å². The van der Waals surface area contributed by atoms with E-state index in [1.165, 1.54) is 6.20 Å². The normalized spacial score (nSPS) is 12.7. The van der Waals surface area contributed by atoms with Crippen LogP contribution < -0.4 is 5.73 Å². The Balaban J connectivity index is 2.65. The van der Waals surface area contributed by atoms with E-state index in [0.29, 0.717) is 16.1 Å². The van der Waals surface area contributed by atoms with Crippen molar-refractivity contribution in [3.63, 3.8) is 0 Å². The lowest BCUT2D eigenvalue weighted by Gasteiger charge is -2.19. The lowest BCUT2D eigenvalue weighted by atomic mass is 9.80. The van der Waals surface area contributed by atoms with Crippen LogP contribution in [-0.4, -0.2) is 9.78 Å². The topological polar surface area (TPSA) is 115 Å². The molecule has 2 rings (SSSR count). The fraction of sp³-hybridized carbons (Fsp3) is 0.176. The Labute approximate surface area is 144 Å². The highest BCUT2D eigenvalue weighted by atomic mass is 35.5. The molecule has 24 heavy (non-hydrogen) atoms. The van der Waals surface area contributed by atoms with Crippen LogP contribution in [0.15, 0.2) is 42.2 Å². The first-order valence-electron chi connectivity index (χ1n) is 6.95. The van der Waals surface area contributed by atoms with Crippen LogP contribution in [0.1, 0.15) is 17.0 Å². The molecule has 0 aliphatic heterocycles. The zero-order chi connectivity index (χ0) is 17.7. The molecular formula is C17H13ClN6. The van der Waals surface area contributed by atoms with Gasteiger partial charge in [0.25, 0.3) is 0 Å². The number of halogens is 1. The van der Waals surface area contributed by atoms with Crippen molar-refractivity contribution >= 4 is 17.3 Å². The lowest BCUT2D eigenvalue weighted by molar-refractivity contribution is 0.711. The summed E-state index contributed by atoms with van der Waals surface area (Å²) in [6.45, 7) is 0. The molecule has 1 heterocycles. The molecular weight excluding hydrogens is 324 g/mol. The second kappa shape index (κ2) is 7.33. The zero-order valence-electron chi connectivity index (χ0n) is 12.8. The number of aryl methyl sites for hydroxylation is 1. The Morgan fingerprint density at radius 3 is 2.29 bits per heavy atom. The number of nitrogens with two attached hydrogens (primary N) is 1. The van der Waals surface area contributed by atoms with Crippen molar-refractivity contribution in [3.8, 4) is 18.2 Å². The van der Waals surface area contributed by atoms with Gasteiger partial charge in [-0.3, -0.25) is 4.68 Å². The Bertz CT molecular complexity index is 875. The molecule has 0 aliphatic rings. The Hall–Kier alpha value is -3.27. The van der Waals surface area contributed by atoms with Crippen LogP contribution in [0.25, 0.3) is 5.70 Å². The molecule has 1 unspecified atom stereocenters. The summed E-state index contributed by atoms with van der Waals surface area (Å²) in [6, 6.07) is 12.6. The van der Waals surface area contributed by atoms with E-state index in [1.807, 2.05) is 12.1 Å². The second-order valence-corrected chi connectivity index (χ2v) is 5.54. The molecule has 0 spiro atoms. The van der Waals surface area contributed by atoms with Crippen molar-refractivity contribution in [2.75, 3.05) is 0 Å². The first-order chi connectivity index (χ1) is 11.5. The maximum Gasteiger partial charge on any atom is 0.144 e. The monoisotopic (exact) mass is 336 g/mol. The van der Waals surface area contributed by atoms with Crippen LogP contribution in [0, 0.1) is 39.9 Å². The number of nitriles is 3. The zero-order valence-corrected chi connectivity index (χ0v) is 13.6. The van der Waals surface area contributed by atoms with Gasteiger partial charge in [0.05, 0.1) is 41.6 Å². The van der Waals surface area contributed by atoms with E-state index in [2.05, 4.69) is 11.2 Å². The van der Waals surface area contributed by atoms with Gasteiger partial charge in [0.1, 0.15) is 5.92 Å². The summed E-state index contributed by atoms with van der Waals surface area (Å²) < 4.78 is 1.56. The van der Waals surface area contributed by atoms with Gasteiger partial charge in [0, 0.05) is 23.8 Å². The SMILES string of the molecule is Cn1cc(/C(N)=C(\C#N)C(c2ccc(Cl)cc2)C(C#N)C#N)cn1. The van der Waals surface area contributed by atoms with Crippen LogP contribution in [0.5, 0.6) is 0 Å². The smallest absolute Gasteiger partial charge is 0.144 e. The third-order valence-electron chi connectivity index (χ3n) is 3.58. The quantitative estimate of drug-likeness (QED) is 0.862. The predicted octanol–water partition coefficient (Wildman–Crippen LogP) is 2.71. The number of allylic oxidation sites excluding steroid dienone is 1. The number of nitrogens with zero attached hydrogens (tertiary/aromatic N) is 5. The fourth-order valence-electron chi connectivity index (χ4n) is 2.39. The van der Waals surface area contributed by atoms with Gasteiger partial charge >= 0.3 is 0 Å². The van der Waals surface area contributed by atoms with E-state index in [-0.39, 0.29) is 11.3 Å². The van der Waals surface area contributed by atoms with Gasteiger partial charge in [-0.2, -0.15) is 20.9 Å².